The van der Waals surface area contributed by atoms with Gasteiger partial charge >= 0.3 is 0 Å². The van der Waals surface area contributed by atoms with Gasteiger partial charge in [0.1, 0.15) is 6.15 Å². The summed E-state index contributed by atoms with van der Waals surface area (Å²) in [6.45, 7) is 4.52. The Hall–Kier alpha value is -3.79. The number of rotatable bonds is 4. The highest BCUT2D eigenvalue weighted by Gasteiger charge is 2.31. The molecule has 0 atom stereocenters. The van der Waals surface area contributed by atoms with Crippen LogP contribution in [0.3, 0.4) is 0 Å². The van der Waals surface area contributed by atoms with E-state index in [1.54, 1.807) is 0 Å². The predicted octanol–water partition coefficient (Wildman–Crippen LogP) is 3.11. The molecule has 0 spiro atoms. The van der Waals surface area contributed by atoms with Crippen LogP contribution in [-0.4, -0.2) is 43.2 Å². The summed E-state index contributed by atoms with van der Waals surface area (Å²) in [7, 11) is 0. The van der Waals surface area contributed by atoms with Gasteiger partial charge in [0.2, 0.25) is 0 Å². The zero-order valence-corrected chi connectivity index (χ0v) is 20.3. The first-order chi connectivity index (χ1) is 17.4. The Balaban J connectivity index is 0.000000211. The van der Waals surface area contributed by atoms with E-state index in [1.165, 1.54) is 47.8 Å². The monoisotopic (exact) mass is 458 g/mol. The topological polar surface area (TPSA) is 27.6 Å². The van der Waals surface area contributed by atoms with Crippen LogP contribution in [0.5, 0.6) is 0 Å². The highest BCUT2D eigenvalue weighted by atomic mass is 15.3. The first-order valence-electron chi connectivity index (χ1n) is 12.8. The van der Waals surface area contributed by atoms with Crippen molar-refractivity contribution in [1.29, 1.82) is 0 Å². The Bertz CT molecular complexity index is 1050. The molecule has 3 nitrogen and oxygen atoms in total. The van der Waals surface area contributed by atoms with E-state index in [1.807, 2.05) is 0 Å². The lowest BCUT2D eigenvalue weighted by Gasteiger charge is -2.44. The van der Waals surface area contributed by atoms with Crippen molar-refractivity contribution in [1.82, 2.24) is 10.2 Å². The van der Waals surface area contributed by atoms with Crippen molar-refractivity contribution in [3.05, 3.63) is 121 Å². The number of hydrogen-bond acceptors (Lipinski definition) is 3. The molecule has 4 aromatic rings. The molecule has 35 heavy (non-hydrogen) atoms. The molecule has 4 aromatic carbocycles. The van der Waals surface area contributed by atoms with Crippen molar-refractivity contribution in [3.63, 3.8) is 0 Å². The second-order valence-electron chi connectivity index (χ2n) is 9.34. The van der Waals surface area contributed by atoms with E-state index in [-0.39, 0.29) is 0 Å². The van der Waals surface area contributed by atoms with E-state index >= 15 is 0 Å². The molecule has 0 aromatic heterocycles. The third-order valence-corrected chi connectivity index (χ3v) is 7.23. The van der Waals surface area contributed by atoms with Gasteiger partial charge in [0.25, 0.3) is 0 Å². The highest BCUT2D eigenvalue weighted by Crippen LogP contribution is 2.09. The van der Waals surface area contributed by atoms with Crippen LogP contribution in [0.15, 0.2) is 126 Å². The normalized spacial score (nSPS) is 15.1. The summed E-state index contributed by atoms with van der Waals surface area (Å²) in [5, 5.41) is 3.30. The molecule has 1 fully saturated rings. The molecule has 1 N–H and O–H groups in total. The largest absolute Gasteiger partial charge is 0.356 e. The van der Waals surface area contributed by atoms with Gasteiger partial charge < -0.3 is 10.2 Å². The maximum Gasteiger partial charge on any atom is 0.193 e. The van der Waals surface area contributed by atoms with E-state index in [4.69, 9.17) is 0 Å². The van der Waals surface area contributed by atoms with Crippen LogP contribution in [0.1, 0.15) is 12.8 Å². The van der Waals surface area contributed by atoms with Crippen molar-refractivity contribution in [2.75, 3.05) is 26.2 Å². The van der Waals surface area contributed by atoms with Crippen LogP contribution in [0.4, 0.5) is 0 Å². The highest BCUT2D eigenvalue weighted by molar-refractivity contribution is 7.19. The predicted molar refractivity (Wildman–Crippen MR) is 151 cm³/mol. The summed E-state index contributed by atoms with van der Waals surface area (Å²) in [4.78, 5) is 6.72. The number of fused-ring (bicyclic) bond motifs is 1. The summed E-state index contributed by atoms with van der Waals surface area (Å²) in [5.74, 6) is 1.14. The van der Waals surface area contributed by atoms with Crippen LogP contribution >= 0.6 is 0 Å². The molecular formula is C31H33BN3-. The SMILES string of the molecule is C1CN=C2NCCCN2C1.c1ccc([B-](c2ccccc2)(c2ccccc2)c2ccccc2)cc1. The standard InChI is InChI=1S/C24H20B.C7H13N3/c1-5-13-21(14-6-1)25(22-15-7-2-8-16-22,23-17-9-3-10-18-23)24-19-11-4-12-20-24;1-3-8-7-9-4-2-6-10(7)5-1/h1-20H;1-6H2,(H,8,9)/q-1;. The number of aliphatic imine (C=N–C) groups is 1. The maximum absolute atomic E-state index is 4.38. The van der Waals surface area contributed by atoms with Crippen LogP contribution < -0.4 is 27.2 Å². The van der Waals surface area contributed by atoms with E-state index in [9.17, 15) is 0 Å². The molecule has 0 unspecified atom stereocenters. The molecule has 2 heterocycles. The minimum atomic E-state index is -1.22. The molecule has 0 amide bonds. The Kier molecular flexibility index (Phi) is 7.28. The molecule has 1 saturated heterocycles. The van der Waals surface area contributed by atoms with Gasteiger partial charge in [0.05, 0.1) is 0 Å². The number of hydrogen-bond donors (Lipinski definition) is 1. The number of benzene rings is 4. The molecule has 2 aliphatic heterocycles. The van der Waals surface area contributed by atoms with Crippen molar-refractivity contribution in [3.8, 4) is 0 Å². The third-order valence-electron chi connectivity index (χ3n) is 7.23. The van der Waals surface area contributed by atoms with E-state index in [0.29, 0.717) is 0 Å². The average Bonchev–Trinajstić information content (AvgIpc) is 2.96. The van der Waals surface area contributed by atoms with E-state index < -0.39 is 6.15 Å². The summed E-state index contributed by atoms with van der Waals surface area (Å²) in [6, 6.07) is 43.5. The molecular weight excluding hydrogens is 425 g/mol. The van der Waals surface area contributed by atoms with E-state index in [0.717, 1.165) is 19.0 Å². The Morgan fingerprint density at radius 3 is 1.34 bits per heavy atom. The van der Waals surface area contributed by atoms with Gasteiger partial charge in [-0.05, 0) is 12.8 Å². The summed E-state index contributed by atoms with van der Waals surface area (Å²) in [6.07, 6.45) is 1.27. The first kappa shape index (κ1) is 23.0. The number of nitrogens with zero attached hydrogens (tertiary/aromatic N) is 2. The first-order valence-corrected chi connectivity index (χ1v) is 12.8. The number of nitrogens with one attached hydrogen (secondary N) is 1. The van der Waals surface area contributed by atoms with Crippen molar-refractivity contribution in [2.45, 2.75) is 12.8 Å². The summed E-state index contributed by atoms with van der Waals surface area (Å²) < 4.78 is 0. The van der Waals surface area contributed by atoms with Gasteiger partial charge in [-0.2, -0.15) is 21.9 Å². The minimum Gasteiger partial charge on any atom is -0.356 e. The molecule has 0 saturated carbocycles. The lowest BCUT2D eigenvalue weighted by atomic mass is 9.13. The van der Waals surface area contributed by atoms with Crippen LogP contribution in [0.25, 0.3) is 0 Å². The van der Waals surface area contributed by atoms with Gasteiger partial charge in [-0.15, -0.1) is 0 Å². The second kappa shape index (κ2) is 11.1. The number of guanidine groups is 1. The van der Waals surface area contributed by atoms with Crippen molar-refractivity contribution < 1.29 is 0 Å². The minimum absolute atomic E-state index is 1.01. The van der Waals surface area contributed by atoms with Crippen LogP contribution in [0.2, 0.25) is 0 Å². The van der Waals surface area contributed by atoms with Gasteiger partial charge in [-0.25, -0.2) is 0 Å². The molecule has 0 bridgehead atoms. The summed E-state index contributed by atoms with van der Waals surface area (Å²) >= 11 is 0. The lowest BCUT2D eigenvalue weighted by molar-refractivity contribution is 0.346. The van der Waals surface area contributed by atoms with Crippen molar-refractivity contribution in [2.24, 2.45) is 4.99 Å². The van der Waals surface area contributed by atoms with Gasteiger partial charge in [-0.3, -0.25) is 4.99 Å². The molecule has 6 rings (SSSR count). The van der Waals surface area contributed by atoms with E-state index in [2.05, 4.69) is 137 Å². The van der Waals surface area contributed by atoms with Crippen LogP contribution in [0, 0.1) is 0 Å². The zero-order valence-electron chi connectivity index (χ0n) is 20.3. The summed E-state index contributed by atoms with van der Waals surface area (Å²) in [5.41, 5.74) is 5.36. The lowest BCUT2D eigenvalue weighted by Crippen LogP contribution is -2.74. The van der Waals surface area contributed by atoms with Gasteiger partial charge in [0.15, 0.2) is 5.96 Å². The zero-order chi connectivity index (χ0) is 23.8. The fourth-order valence-electron chi connectivity index (χ4n) is 5.63. The smallest absolute Gasteiger partial charge is 0.193 e. The average molecular weight is 458 g/mol. The quantitative estimate of drug-likeness (QED) is 0.476. The molecule has 0 radical (unpaired) electrons. The second-order valence-corrected chi connectivity index (χ2v) is 9.34. The fraction of sp³-hybridized carbons (Fsp3) is 0.194. The van der Waals surface area contributed by atoms with Gasteiger partial charge in [0, 0.05) is 26.2 Å². The molecule has 0 aliphatic carbocycles. The Labute approximate surface area is 209 Å². The molecule has 2 aliphatic rings. The van der Waals surface area contributed by atoms with Gasteiger partial charge in [-0.1, -0.05) is 121 Å². The Morgan fingerprint density at radius 2 is 0.943 bits per heavy atom. The molecule has 4 heteroatoms. The maximum atomic E-state index is 4.38. The van der Waals surface area contributed by atoms with Crippen molar-refractivity contribution >= 4 is 34.0 Å². The Morgan fingerprint density at radius 1 is 0.543 bits per heavy atom. The van der Waals surface area contributed by atoms with Crippen LogP contribution in [-0.2, 0) is 0 Å². The fourth-order valence-corrected chi connectivity index (χ4v) is 5.63. The molecule has 176 valence electrons. The third kappa shape index (κ3) is 4.88.